The van der Waals surface area contributed by atoms with Crippen LogP contribution in [-0.4, -0.2) is 94.8 Å². The van der Waals surface area contributed by atoms with Gasteiger partial charge in [-0.3, -0.25) is 14.6 Å². The Morgan fingerprint density at radius 3 is 2.58 bits per heavy atom. The summed E-state index contributed by atoms with van der Waals surface area (Å²) in [6.45, 7) is 9.40. The zero-order chi connectivity index (χ0) is 46.5. The molecule has 2 fully saturated rings. The van der Waals surface area contributed by atoms with Crippen LogP contribution in [0.1, 0.15) is 103 Å². The van der Waals surface area contributed by atoms with Crippen molar-refractivity contribution >= 4 is 90.1 Å². The molecule has 344 valence electrons. The van der Waals surface area contributed by atoms with Crippen LogP contribution in [0.5, 0.6) is 5.75 Å². The zero-order valence-electron chi connectivity index (χ0n) is 37.3. The fourth-order valence-corrected chi connectivity index (χ4v) is 13.5. The molecule has 0 saturated carbocycles. The minimum atomic E-state index is -3.80. The highest BCUT2D eigenvalue weighted by Gasteiger charge is 2.42. The van der Waals surface area contributed by atoms with Crippen LogP contribution in [0.25, 0.3) is 32.2 Å². The summed E-state index contributed by atoms with van der Waals surface area (Å²) in [6.07, 6.45) is 8.72. The van der Waals surface area contributed by atoms with Gasteiger partial charge >= 0.3 is 5.97 Å². The van der Waals surface area contributed by atoms with Crippen molar-refractivity contribution in [1.82, 2.24) is 19.3 Å². The largest absolute Gasteiger partial charge is 0.479 e. The molecule has 3 aliphatic rings. The number of piperidine rings is 2. The van der Waals surface area contributed by atoms with E-state index in [1.54, 1.807) is 10.5 Å². The monoisotopic (exact) mass is 949 g/mol. The van der Waals surface area contributed by atoms with Crippen molar-refractivity contribution in [3.8, 4) is 16.2 Å². The lowest BCUT2D eigenvalue weighted by atomic mass is 9.85. The number of anilines is 3. The average molecular weight is 951 g/mol. The number of hydrogen-bond acceptors (Lipinski definition) is 12. The number of halogens is 1. The van der Waals surface area contributed by atoms with E-state index in [1.165, 1.54) is 11.8 Å². The highest BCUT2D eigenvalue weighted by molar-refractivity contribution is 7.88. The third-order valence-corrected chi connectivity index (χ3v) is 16.8. The molecule has 2 unspecified atom stereocenters. The number of sulfonamides is 1. The van der Waals surface area contributed by atoms with Gasteiger partial charge in [-0.15, -0.1) is 11.3 Å². The van der Waals surface area contributed by atoms with Crippen LogP contribution in [0.15, 0.2) is 73.1 Å². The number of nitrogens with zero attached hydrogens (tertiary/aromatic N) is 6. The molecule has 9 rings (SSSR count). The first-order valence-corrected chi connectivity index (χ1v) is 25.2. The van der Waals surface area contributed by atoms with Gasteiger partial charge in [0.2, 0.25) is 10.0 Å². The molecule has 6 heterocycles. The second-order valence-corrected chi connectivity index (χ2v) is 21.5. The molecule has 1 amide bonds. The van der Waals surface area contributed by atoms with E-state index in [4.69, 9.17) is 31.4 Å². The topological polar surface area (TPSA) is 175 Å². The van der Waals surface area contributed by atoms with Gasteiger partial charge in [-0.1, -0.05) is 55.3 Å². The molecule has 0 radical (unpaired) electrons. The Labute approximate surface area is 393 Å². The molecule has 2 atom stereocenters. The molecule has 2 N–H and O–H groups in total. The number of benzene rings is 3. The van der Waals surface area contributed by atoms with Crippen molar-refractivity contribution in [3.63, 3.8) is 0 Å². The van der Waals surface area contributed by atoms with E-state index in [0.717, 1.165) is 89.2 Å². The maximum absolute atomic E-state index is 14.1. The molecular formula is C49H52ClN7O7S2. The van der Waals surface area contributed by atoms with Gasteiger partial charge in [0.25, 0.3) is 5.91 Å². The summed E-state index contributed by atoms with van der Waals surface area (Å²) >= 11 is 7.70. The SMILES string of the molecule is CCCC(C)N1C(=O)c2cccc3c(C4CCN(c5cc6nc(CS(=O)(=O)N7CCC(Nc8cccc(-c9sc(C=O)c(OCC(=O)O)c9Cl)c8)CC7(C)C)cnc6cn5)CC4)ccc1c23. The summed E-state index contributed by atoms with van der Waals surface area (Å²) < 4.78 is 35.2. The average Bonchev–Trinajstić information content (AvgIpc) is 3.77. The van der Waals surface area contributed by atoms with E-state index >= 15 is 0 Å². The van der Waals surface area contributed by atoms with Crippen molar-refractivity contribution < 1.29 is 32.6 Å². The smallest absolute Gasteiger partial charge is 0.341 e. The first kappa shape index (κ1) is 45.5. The van der Waals surface area contributed by atoms with Crippen molar-refractivity contribution in [2.75, 3.05) is 41.4 Å². The molecule has 3 aromatic heterocycles. The van der Waals surface area contributed by atoms with E-state index < -0.39 is 28.1 Å². The van der Waals surface area contributed by atoms with Gasteiger partial charge in [-0.25, -0.2) is 23.2 Å². The Balaban J connectivity index is 0.845. The number of ether oxygens (including phenoxy) is 1. The molecule has 0 aliphatic carbocycles. The van der Waals surface area contributed by atoms with E-state index in [9.17, 15) is 22.8 Å². The number of pyridine rings is 1. The summed E-state index contributed by atoms with van der Waals surface area (Å²) in [5, 5.41) is 15.0. The zero-order valence-corrected chi connectivity index (χ0v) is 39.7. The number of amides is 1. The van der Waals surface area contributed by atoms with Crippen LogP contribution in [0.4, 0.5) is 17.2 Å². The number of nitrogens with one attached hydrogen (secondary N) is 1. The Hall–Kier alpha value is -5.68. The number of hydrogen-bond donors (Lipinski definition) is 2. The number of carbonyl (C=O) groups excluding carboxylic acids is 2. The van der Waals surface area contributed by atoms with Crippen LogP contribution >= 0.6 is 22.9 Å². The van der Waals surface area contributed by atoms with Gasteiger partial charge in [0, 0.05) is 60.0 Å². The number of carboxylic acid groups (broad SMARTS) is 1. The summed E-state index contributed by atoms with van der Waals surface area (Å²) in [5.74, 6) is -0.229. The van der Waals surface area contributed by atoms with E-state index in [1.807, 2.05) is 61.2 Å². The lowest BCUT2D eigenvalue weighted by Crippen LogP contribution is -2.55. The maximum Gasteiger partial charge on any atom is 0.341 e. The maximum atomic E-state index is 14.1. The van der Waals surface area contributed by atoms with Crippen LogP contribution in [-0.2, 0) is 20.6 Å². The molecule has 3 aromatic carbocycles. The number of aldehydes is 1. The molecular weight excluding hydrogens is 898 g/mol. The van der Waals surface area contributed by atoms with Crippen molar-refractivity contribution in [2.24, 2.45) is 0 Å². The molecule has 17 heteroatoms. The van der Waals surface area contributed by atoms with E-state index in [0.29, 0.717) is 53.2 Å². The van der Waals surface area contributed by atoms with Crippen molar-refractivity contribution in [3.05, 3.63) is 99.8 Å². The highest BCUT2D eigenvalue weighted by Crippen LogP contribution is 2.46. The Morgan fingerprint density at radius 1 is 1.05 bits per heavy atom. The fraction of sp³-hybridized carbons (Fsp3) is 0.388. The predicted molar refractivity (Wildman–Crippen MR) is 260 cm³/mol. The molecule has 0 bridgehead atoms. The third-order valence-electron chi connectivity index (χ3n) is 13.2. The molecule has 0 spiro atoms. The molecule has 2 saturated heterocycles. The number of carboxylic acids is 1. The van der Waals surface area contributed by atoms with E-state index in [-0.39, 0.29) is 39.4 Å². The second kappa shape index (κ2) is 18.2. The lowest BCUT2D eigenvalue weighted by molar-refractivity contribution is -0.139. The third kappa shape index (κ3) is 8.71. The minimum Gasteiger partial charge on any atom is -0.479 e. The fourth-order valence-electron chi connectivity index (χ4n) is 10.2. The highest BCUT2D eigenvalue weighted by atomic mass is 35.5. The van der Waals surface area contributed by atoms with Crippen molar-refractivity contribution in [2.45, 2.75) is 95.5 Å². The number of aromatic nitrogens is 3. The van der Waals surface area contributed by atoms with E-state index in [2.05, 4.69) is 47.2 Å². The summed E-state index contributed by atoms with van der Waals surface area (Å²) in [6, 6.07) is 20.0. The molecule has 6 aromatic rings. The van der Waals surface area contributed by atoms with Crippen LogP contribution in [0.2, 0.25) is 5.02 Å². The van der Waals surface area contributed by atoms with Gasteiger partial charge in [0.1, 0.15) is 27.0 Å². The number of fused-ring (bicyclic) bond motifs is 1. The lowest BCUT2D eigenvalue weighted by Gasteiger charge is -2.44. The number of thiophene rings is 1. The van der Waals surface area contributed by atoms with Crippen LogP contribution in [0, 0.1) is 0 Å². The standard InChI is InChI=1S/C49H52ClN7O7S2/c1-5-8-29(2)57-40-14-13-35(36-11-7-12-37(44(36)40)48(57)61)30-15-18-55(19-16-30)42-22-38-39(25-52-42)51-24-34(54-38)28-66(62,63)56-20-17-33(23-49(56,3)4)53-32-10-6-9-31(21-32)47-45(50)46(41(26-58)65-47)64-27-43(59)60/h6-7,9-14,21-22,24-26,29-30,33,53H,5,8,15-20,23,27-28H2,1-4H3,(H,59,60). The first-order chi connectivity index (χ1) is 31.6. The Morgan fingerprint density at radius 2 is 1.83 bits per heavy atom. The quantitative estimate of drug-likeness (QED) is 0.0935. The molecule has 3 aliphatic heterocycles. The van der Waals surface area contributed by atoms with Gasteiger partial charge in [-0.05, 0) is 99.6 Å². The summed E-state index contributed by atoms with van der Waals surface area (Å²) in [5.41, 5.74) is 5.43. The molecule has 14 nitrogen and oxygen atoms in total. The summed E-state index contributed by atoms with van der Waals surface area (Å²) in [7, 11) is -3.80. The Bertz CT molecular complexity index is 2990. The van der Waals surface area contributed by atoms with Crippen LogP contribution in [0.3, 0.4) is 0 Å². The van der Waals surface area contributed by atoms with Gasteiger partial charge < -0.3 is 25.0 Å². The minimum absolute atomic E-state index is 0.0430. The Kier molecular flexibility index (Phi) is 12.5. The van der Waals surface area contributed by atoms with Gasteiger partial charge in [0.15, 0.2) is 18.6 Å². The number of rotatable bonds is 15. The van der Waals surface area contributed by atoms with Gasteiger partial charge in [-0.2, -0.15) is 4.31 Å². The number of carbonyl (C=O) groups is 3. The second-order valence-electron chi connectivity index (χ2n) is 18.2. The normalized spacial score (nSPS) is 18.3. The predicted octanol–water partition coefficient (Wildman–Crippen LogP) is 9.55. The molecule has 66 heavy (non-hydrogen) atoms. The number of aliphatic carboxylic acids is 1. The summed E-state index contributed by atoms with van der Waals surface area (Å²) in [4.78, 5) is 55.5. The van der Waals surface area contributed by atoms with Gasteiger partial charge in [0.05, 0.1) is 34.2 Å². The van der Waals surface area contributed by atoms with Crippen molar-refractivity contribution in [1.29, 1.82) is 0 Å². The van der Waals surface area contributed by atoms with Crippen LogP contribution < -0.4 is 19.9 Å². The first-order valence-electron chi connectivity index (χ1n) is 22.4.